The van der Waals surface area contributed by atoms with Crippen molar-refractivity contribution in [2.75, 3.05) is 0 Å². The third kappa shape index (κ3) is 18.0. The van der Waals surface area contributed by atoms with Gasteiger partial charge in [0.1, 0.15) is 5.60 Å². The summed E-state index contributed by atoms with van der Waals surface area (Å²) in [7, 11) is 0. The molecule has 18 heavy (non-hydrogen) atoms. The number of hydrogen-bond acceptors (Lipinski definition) is 7. The molecule has 0 atom stereocenters. The second-order valence-corrected chi connectivity index (χ2v) is 2.42. The minimum atomic E-state index is -2.97. The molecule has 7 nitrogen and oxygen atoms in total. The van der Waals surface area contributed by atoms with Gasteiger partial charge in [-0.05, 0) is 0 Å². The average Bonchev–Trinajstić information content (AvgIpc) is 1.82. The van der Waals surface area contributed by atoms with E-state index >= 15 is 0 Å². The van der Waals surface area contributed by atoms with Crippen molar-refractivity contribution in [3.8, 4) is 0 Å². The van der Waals surface area contributed by atoms with Crippen LogP contribution < -0.4 is 190 Å². The number of aliphatic hydroxyl groups is 1. The van der Waals surface area contributed by atoms with Gasteiger partial charge in [0.05, 0.1) is 5.97 Å². The standard InChI is InChI=1S/C6H8O7.ClH.2K.2Na/c7-3(8)1-6(13,5(11)12)2-4(9)10;;;;;/h13H,1-2H2,(H,7,8)(H,9,10)(H,11,12);1H;;;;/q;;4*+1/p-4. The van der Waals surface area contributed by atoms with Crippen LogP contribution in [0.1, 0.15) is 12.8 Å². The van der Waals surface area contributed by atoms with Gasteiger partial charge in [-0.15, -0.1) is 0 Å². The number of carbonyl (C=O) groups is 3. The summed E-state index contributed by atoms with van der Waals surface area (Å²) in [6, 6.07) is 0. The molecule has 0 saturated carbocycles. The molecule has 0 fully saturated rings. The third-order valence-electron chi connectivity index (χ3n) is 1.25. The van der Waals surface area contributed by atoms with Crippen LogP contribution >= 0.6 is 0 Å². The van der Waals surface area contributed by atoms with Crippen molar-refractivity contribution in [3.05, 3.63) is 0 Å². The van der Waals surface area contributed by atoms with Crippen LogP contribution in [0.15, 0.2) is 0 Å². The van der Waals surface area contributed by atoms with E-state index in [2.05, 4.69) is 0 Å². The van der Waals surface area contributed by atoms with Crippen LogP contribution in [-0.4, -0.2) is 28.6 Å². The van der Waals surface area contributed by atoms with Gasteiger partial charge in [-0.1, -0.05) is 0 Å². The number of carboxylic acid groups (broad SMARTS) is 3. The number of aliphatic carboxylic acids is 3. The van der Waals surface area contributed by atoms with E-state index in [1.165, 1.54) is 0 Å². The van der Waals surface area contributed by atoms with Crippen LogP contribution in [0.5, 0.6) is 0 Å². The Labute approximate surface area is 239 Å². The molecule has 0 aromatic heterocycles. The van der Waals surface area contributed by atoms with Crippen LogP contribution in [-0.2, 0) is 14.4 Å². The van der Waals surface area contributed by atoms with Crippen LogP contribution in [0.4, 0.5) is 0 Å². The summed E-state index contributed by atoms with van der Waals surface area (Å²) in [5, 5.41) is 38.9. The second kappa shape index (κ2) is 19.0. The maximum atomic E-state index is 10.1. The maximum Gasteiger partial charge on any atom is 1.00 e. The molecule has 0 aliphatic carbocycles. The first-order valence-electron chi connectivity index (χ1n) is 3.11. The Morgan fingerprint density at radius 2 is 1.11 bits per heavy atom. The first-order valence-corrected chi connectivity index (χ1v) is 3.11. The van der Waals surface area contributed by atoms with E-state index in [1.54, 1.807) is 0 Å². The first-order chi connectivity index (χ1) is 5.78. The van der Waals surface area contributed by atoms with E-state index < -0.39 is 36.4 Å². The van der Waals surface area contributed by atoms with Crippen molar-refractivity contribution >= 4 is 17.9 Å². The number of rotatable bonds is 5. The fourth-order valence-electron chi connectivity index (χ4n) is 0.684. The van der Waals surface area contributed by atoms with Crippen molar-refractivity contribution in [1.29, 1.82) is 0 Å². The molecule has 0 radical (unpaired) electrons. The SMILES string of the molecule is O=C([O-])CC(O)(CC(=O)[O-])C(=O)[O-].[Cl-].[K+].[K+].[Na+].[Na+]. The van der Waals surface area contributed by atoms with Crippen LogP contribution in [0.2, 0.25) is 0 Å². The van der Waals surface area contributed by atoms with E-state index in [1.807, 2.05) is 0 Å². The smallest absolute Gasteiger partial charge is 1.00 e. The molecule has 0 rings (SSSR count). The predicted molar refractivity (Wildman–Crippen MR) is 29.2 cm³/mol. The molecule has 12 heteroatoms. The molecule has 0 aliphatic rings. The van der Waals surface area contributed by atoms with Crippen molar-refractivity contribution in [3.63, 3.8) is 0 Å². The Morgan fingerprint density at radius 3 is 1.22 bits per heavy atom. The van der Waals surface area contributed by atoms with Gasteiger partial charge in [-0.2, -0.15) is 0 Å². The summed E-state index contributed by atoms with van der Waals surface area (Å²) >= 11 is 0. The normalized spacial score (nSPS) is 7.83. The van der Waals surface area contributed by atoms with Crippen LogP contribution in [0, 0.1) is 0 Å². The molecule has 0 bridgehead atoms. The maximum absolute atomic E-state index is 10.1. The third-order valence-corrected chi connectivity index (χ3v) is 1.25. The van der Waals surface area contributed by atoms with Gasteiger partial charge < -0.3 is 47.2 Å². The Kier molecular flexibility index (Phi) is 39.9. The molecule has 0 unspecified atom stereocenters. The van der Waals surface area contributed by atoms with Crippen molar-refractivity contribution in [2.24, 2.45) is 0 Å². The summed E-state index contributed by atoms with van der Waals surface area (Å²) in [6.07, 6.45) is -2.72. The van der Waals surface area contributed by atoms with Gasteiger partial charge in [0, 0.05) is 24.8 Å². The van der Waals surface area contributed by atoms with E-state index in [9.17, 15) is 29.7 Å². The number of hydrogen-bond donors (Lipinski definition) is 1. The van der Waals surface area contributed by atoms with E-state index in [0.717, 1.165) is 0 Å². The molecule has 0 aliphatic heterocycles. The van der Waals surface area contributed by atoms with Crippen molar-refractivity contribution in [1.82, 2.24) is 0 Å². The molecule has 0 aromatic carbocycles. The fraction of sp³-hybridized carbons (Fsp3) is 0.500. The molecule has 0 amide bonds. The molecule has 0 aromatic rings. The molecule has 82 valence electrons. The number of carboxylic acids is 3. The molecule has 0 heterocycles. The molecular formula is C6H5ClK2Na2O7. The topological polar surface area (TPSA) is 141 Å². The Balaban J connectivity index is -0.0000000720. The van der Waals surface area contributed by atoms with E-state index in [0.29, 0.717) is 0 Å². The van der Waals surface area contributed by atoms with E-state index in [-0.39, 0.29) is 174 Å². The van der Waals surface area contributed by atoms with Gasteiger partial charge in [0.2, 0.25) is 0 Å². The average molecular weight is 349 g/mol. The summed E-state index contributed by atoms with van der Waals surface area (Å²) < 4.78 is 0. The predicted octanol–water partition coefficient (Wildman–Crippen LogP) is -20.2. The minimum absolute atomic E-state index is 0. The van der Waals surface area contributed by atoms with Gasteiger partial charge in [0.25, 0.3) is 0 Å². The van der Waals surface area contributed by atoms with E-state index in [4.69, 9.17) is 5.11 Å². The van der Waals surface area contributed by atoms with Gasteiger partial charge in [0.15, 0.2) is 0 Å². The Morgan fingerprint density at radius 1 is 0.889 bits per heavy atom. The summed E-state index contributed by atoms with van der Waals surface area (Å²) in [4.78, 5) is 30.0. The van der Waals surface area contributed by atoms with Crippen LogP contribution in [0.3, 0.4) is 0 Å². The zero-order valence-electron chi connectivity index (χ0n) is 10.7. The fourth-order valence-corrected chi connectivity index (χ4v) is 0.684. The molecular weight excluding hydrogens is 344 g/mol. The second-order valence-electron chi connectivity index (χ2n) is 2.42. The molecule has 0 saturated heterocycles. The monoisotopic (exact) mass is 348 g/mol. The summed E-state index contributed by atoms with van der Waals surface area (Å²) in [5.41, 5.74) is -2.97. The quantitative estimate of drug-likeness (QED) is 0.486. The molecule has 0 spiro atoms. The molecule has 1 N–H and O–H groups in total. The number of carbonyl (C=O) groups excluding carboxylic acids is 3. The van der Waals surface area contributed by atoms with Crippen LogP contribution in [0.25, 0.3) is 0 Å². The van der Waals surface area contributed by atoms with Gasteiger partial charge in [-0.25, -0.2) is 0 Å². The van der Waals surface area contributed by atoms with Gasteiger partial charge >= 0.3 is 162 Å². The van der Waals surface area contributed by atoms with Gasteiger partial charge in [-0.3, -0.25) is 0 Å². The summed E-state index contributed by atoms with van der Waals surface area (Å²) in [6.45, 7) is 0. The largest absolute Gasteiger partial charge is 1.00 e. The first kappa shape index (κ1) is 37.9. The van der Waals surface area contributed by atoms with Crippen molar-refractivity contribution in [2.45, 2.75) is 18.4 Å². The zero-order valence-corrected chi connectivity index (χ0v) is 21.7. The Hall–Kier alpha value is 3.93. The zero-order chi connectivity index (χ0) is 10.6. The van der Waals surface area contributed by atoms with Crippen molar-refractivity contribution < 1.29 is 209 Å². The number of halogens is 1. The minimum Gasteiger partial charge on any atom is -1.00 e. The summed E-state index contributed by atoms with van der Waals surface area (Å²) in [5.74, 6) is -5.98. The Bertz CT molecular complexity index is 250.